The van der Waals surface area contributed by atoms with Gasteiger partial charge in [-0.25, -0.2) is 0 Å². The van der Waals surface area contributed by atoms with Crippen LogP contribution in [0.2, 0.25) is 0 Å². The molecule has 3 N–H and O–H groups in total. The van der Waals surface area contributed by atoms with Crippen LogP contribution in [0.25, 0.3) is 0 Å². The maximum atomic E-state index is 10.4. The lowest BCUT2D eigenvalue weighted by Gasteiger charge is -2.05. The molecule has 0 amide bonds. The van der Waals surface area contributed by atoms with Gasteiger partial charge in [-0.3, -0.25) is 4.79 Å². The third-order valence-corrected chi connectivity index (χ3v) is 2.44. The normalized spacial score (nSPS) is 11.9. The number of aliphatic carboxylic acids is 1. The predicted molar refractivity (Wildman–Crippen MR) is 65.0 cm³/mol. The highest BCUT2D eigenvalue weighted by molar-refractivity contribution is 5.72. The summed E-state index contributed by atoms with van der Waals surface area (Å²) in [4.78, 5) is 10.4. The zero-order chi connectivity index (χ0) is 10.8. The zero-order valence-electron chi connectivity index (χ0n) is 9.17. The Labute approximate surface area is 94.1 Å². The third-order valence-electron chi connectivity index (χ3n) is 2.44. The number of unbranched alkanes of at least 4 members (excludes halogenated alkanes) is 6. The molecule has 0 aliphatic carbocycles. The molecule has 3 heteroatoms. The first kappa shape index (κ1) is 16.8. The molecule has 0 saturated heterocycles. The van der Waals surface area contributed by atoms with Crippen LogP contribution >= 0.6 is 0 Å². The summed E-state index contributed by atoms with van der Waals surface area (Å²) in [5.41, 5.74) is 5.38. The van der Waals surface area contributed by atoms with E-state index in [0.717, 1.165) is 12.8 Å². The van der Waals surface area contributed by atoms with E-state index < -0.39 is 12.0 Å². The second-order valence-corrected chi connectivity index (χ2v) is 3.85. The van der Waals surface area contributed by atoms with Crippen molar-refractivity contribution in [2.45, 2.75) is 71.8 Å². The molecule has 0 fully saturated rings. The standard InChI is InChI=1S/C11H23NO2.CH4/c1-2-3-4-5-6-7-8-9-10(12)11(13)14;/h10H,2-9,12H2,1H3,(H,13,14);1H4. The molecule has 0 aliphatic heterocycles. The summed E-state index contributed by atoms with van der Waals surface area (Å²) in [7, 11) is 0. The summed E-state index contributed by atoms with van der Waals surface area (Å²) in [5, 5.41) is 8.53. The highest BCUT2D eigenvalue weighted by Crippen LogP contribution is 2.09. The lowest BCUT2D eigenvalue weighted by molar-refractivity contribution is -0.138. The van der Waals surface area contributed by atoms with Crippen LogP contribution in [-0.2, 0) is 4.79 Å². The van der Waals surface area contributed by atoms with Crippen molar-refractivity contribution in [1.82, 2.24) is 0 Å². The minimum absolute atomic E-state index is 0. The molecular formula is C12H27NO2. The molecule has 0 aromatic rings. The molecule has 0 aliphatic rings. The van der Waals surface area contributed by atoms with Crippen LogP contribution in [0, 0.1) is 0 Å². The molecule has 0 saturated carbocycles. The van der Waals surface area contributed by atoms with Crippen molar-refractivity contribution < 1.29 is 9.90 Å². The van der Waals surface area contributed by atoms with Gasteiger partial charge in [-0.2, -0.15) is 0 Å². The van der Waals surface area contributed by atoms with Crippen LogP contribution in [0.4, 0.5) is 0 Å². The van der Waals surface area contributed by atoms with Crippen molar-refractivity contribution in [3.05, 3.63) is 0 Å². The average molecular weight is 217 g/mol. The van der Waals surface area contributed by atoms with Gasteiger partial charge in [0, 0.05) is 0 Å². The first-order valence-electron chi connectivity index (χ1n) is 5.67. The molecule has 0 heterocycles. The monoisotopic (exact) mass is 217 g/mol. The number of carbonyl (C=O) groups is 1. The van der Waals surface area contributed by atoms with Crippen molar-refractivity contribution >= 4 is 5.97 Å². The van der Waals surface area contributed by atoms with Crippen molar-refractivity contribution in [3.63, 3.8) is 0 Å². The Balaban J connectivity index is 0. The lowest BCUT2D eigenvalue weighted by atomic mass is 10.1. The van der Waals surface area contributed by atoms with E-state index in [0.29, 0.717) is 6.42 Å². The quantitative estimate of drug-likeness (QED) is 0.583. The topological polar surface area (TPSA) is 63.3 Å². The molecule has 15 heavy (non-hydrogen) atoms. The fourth-order valence-electron chi connectivity index (χ4n) is 1.44. The van der Waals surface area contributed by atoms with Crippen molar-refractivity contribution in [3.8, 4) is 0 Å². The zero-order valence-corrected chi connectivity index (χ0v) is 9.17. The van der Waals surface area contributed by atoms with Gasteiger partial charge in [0.05, 0.1) is 0 Å². The number of carboxylic acid groups (broad SMARTS) is 1. The second-order valence-electron chi connectivity index (χ2n) is 3.85. The van der Waals surface area contributed by atoms with Gasteiger partial charge in [0.15, 0.2) is 0 Å². The Morgan fingerprint density at radius 3 is 2.07 bits per heavy atom. The van der Waals surface area contributed by atoms with Crippen molar-refractivity contribution in [2.24, 2.45) is 5.73 Å². The smallest absolute Gasteiger partial charge is 0.320 e. The Bertz CT molecular complexity index is 149. The van der Waals surface area contributed by atoms with Crippen LogP contribution in [0.3, 0.4) is 0 Å². The van der Waals surface area contributed by atoms with Gasteiger partial charge in [0.1, 0.15) is 6.04 Å². The van der Waals surface area contributed by atoms with Crippen molar-refractivity contribution in [2.75, 3.05) is 0 Å². The minimum Gasteiger partial charge on any atom is -0.480 e. The van der Waals surface area contributed by atoms with E-state index in [-0.39, 0.29) is 7.43 Å². The van der Waals surface area contributed by atoms with Gasteiger partial charge in [0.2, 0.25) is 0 Å². The SMILES string of the molecule is C.CCCCCCCCCC(N)C(=O)O. The Kier molecular flexibility index (Phi) is 12.9. The van der Waals surface area contributed by atoms with Crippen LogP contribution < -0.4 is 5.73 Å². The molecule has 0 aromatic carbocycles. The number of nitrogens with two attached hydrogens (primary N) is 1. The molecule has 0 rings (SSSR count). The highest BCUT2D eigenvalue weighted by Gasteiger charge is 2.09. The van der Waals surface area contributed by atoms with E-state index in [9.17, 15) is 4.79 Å². The summed E-state index contributed by atoms with van der Waals surface area (Å²) in [5.74, 6) is -0.879. The highest BCUT2D eigenvalue weighted by atomic mass is 16.4. The number of carboxylic acids is 1. The second kappa shape index (κ2) is 11.5. The van der Waals surface area contributed by atoms with E-state index in [1.165, 1.54) is 32.1 Å². The maximum Gasteiger partial charge on any atom is 0.320 e. The van der Waals surface area contributed by atoms with Crippen molar-refractivity contribution in [1.29, 1.82) is 0 Å². The van der Waals surface area contributed by atoms with Crippen LogP contribution in [0.15, 0.2) is 0 Å². The van der Waals surface area contributed by atoms with Crippen LogP contribution in [0.1, 0.15) is 65.7 Å². The average Bonchev–Trinajstić information content (AvgIpc) is 2.16. The molecule has 1 atom stereocenters. The van der Waals surface area contributed by atoms with Gasteiger partial charge < -0.3 is 10.8 Å². The summed E-state index contributed by atoms with van der Waals surface area (Å²) in [6.45, 7) is 2.20. The van der Waals surface area contributed by atoms with Crippen LogP contribution in [0.5, 0.6) is 0 Å². The number of hydrogen-bond donors (Lipinski definition) is 2. The molecule has 1 unspecified atom stereocenters. The Morgan fingerprint density at radius 2 is 1.60 bits per heavy atom. The van der Waals surface area contributed by atoms with E-state index in [2.05, 4.69) is 6.92 Å². The first-order valence-corrected chi connectivity index (χ1v) is 5.67. The maximum absolute atomic E-state index is 10.4. The fourth-order valence-corrected chi connectivity index (χ4v) is 1.44. The molecule has 0 radical (unpaired) electrons. The molecule has 0 aromatic heterocycles. The number of rotatable bonds is 9. The largest absolute Gasteiger partial charge is 0.480 e. The van der Waals surface area contributed by atoms with Gasteiger partial charge in [-0.15, -0.1) is 0 Å². The van der Waals surface area contributed by atoms with Crippen LogP contribution in [-0.4, -0.2) is 17.1 Å². The summed E-state index contributed by atoms with van der Waals surface area (Å²) in [6.07, 6.45) is 9.05. The predicted octanol–water partition coefficient (Wildman–Crippen LogP) is 3.18. The minimum atomic E-state index is -0.879. The van der Waals surface area contributed by atoms with Gasteiger partial charge >= 0.3 is 5.97 Å². The Hall–Kier alpha value is -0.570. The lowest BCUT2D eigenvalue weighted by Crippen LogP contribution is -2.29. The molecule has 0 bridgehead atoms. The molecule has 92 valence electrons. The number of hydrogen-bond acceptors (Lipinski definition) is 2. The Morgan fingerprint density at radius 1 is 1.13 bits per heavy atom. The van der Waals surface area contributed by atoms with E-state index >= 15 is 0 Å². The molecular weight excluding hydrogens is 190 g/mol. The van der Waals surface area contributed by atoms with E-state index in [4.69, 9.17) is 10.8 Å². The third kappa shape index (κ3) is 11.4. The molecule has 3 nitrogen and oxygen atoms in total. The fraction of sp³-hybridized carbons (Fsp3) is 0.917. The van der Waals surface area contributed by atoms with Gasteiger partial charge in [0.25, 0.3) is 0 Å². The first-order chi connectivity index (χ1) is 6.68. The van der Waals surface area contributed by atoms with Gasteiger partial charge in [-0.05, 0) is 6.42 Å². The summed E-state index contributed by atoms with van der Waals surface area (Å²) < 4.78 is 0. The van der Waals surface area contributed by atoms with E-state index in [1.54, 1.807) is 0 Å². The summed E-state index contributed by atoms with van der Waals surface area (Å²) in [6, 6.07) is -0.661. The van der Waals surface area contributed by atoms with Gasteiger partial charge in [-0.1, -0.05) is 59.3 Å². The van der Waals surface area contributed by atoms with E-state index in [1.807, 2.05) is 0 Å². The molecule has 0 spiro atoms. The summed E-state index contributed by atoms with van der Waals surface area (Å²) >= 11 is 0.